The maximum absolute atomic E-state index is 13.7. The molecule has 2 nitrogen and oxygen atoms in total. The predicted octanol–water partition coefficient (Wildman–Crippen LogP) is 3.74. The first-order valence-corrected chi connectivity index (χ1v) is 7.02. The van der Waals surface area contributed by atoms with Gasteiger partial charge in [-0.05, 0) is 24.6 Å². The molecule has 19 heavy (non-hydrogen) atoms. The van der Waals surface area contributed by atoms with Crippen molar-refractivity contribution in [2.75, 3.05) is 6.54 Å². The van der Waals surface area contributed by atoms with Crippen LogP contribution < -0.4 is 5.32 Å². The van der Waals surface area contributed by atoms with E-state index in [1.54, 1.807) is 23.5 Å². The number of hydrogen-bond acceptors (Lipinski definition) is 3. The Morgan fingerprint density at radius 1 is 1.32 bits per heavy atom. The minimum Gasteiger partial charge on any atom is -0.312 e. The van der Waals surface area contributed by atoms with Gasteiger partial charge in [-0.3, -0.25) is 0 Å². The summed E-state index contributed by atoms with van der Waals surface area (Å²) in [5.74, 6) is -0.434. The van der Waals surface area contributed by atoms with Crippen molar-refractivity contribution in [2.45, 2.75) is 13.0 Å². The zero-order chi connectivity index (χ0) is 13.7. The Balaban J connectivity index is 1.85. The summed E-state index contributed by atoms with van der Waals surface area (Å²) >= 11 is 7.39. The third kappa shape index (κ3) is 3.77. The van der Waals surface area contributed by atoms with Crippen LogP contribution in [0.3, 0.4) is 0 Å². The summed E-state index contributed by atoms with van der Waals surface area (Å²) in [5, 5.41) is 11.9. The number of halogens is 2. The molecule has 0 saturated heterocycles. The van der Waals surface area contributed by atoms with Gasteiger partial charge in [0.1, 0.15) is 11.9 Å². The second-order valence-electron chi connectivity index (χ2n) is 4.02. The maximum atomic E-state index is 13.7. The molecule has 5 heteroatoms. The molecule has 0 unspecified atom stereocenters. The number of hydrogen-bond donors (Lipinski definition) is 1. The van der Waals surface area contributed by atoms with Crippen LogP contribution in [0.25, 0.3) is 0 Å². The molecule has 0 amide bonds. The lowest BCUT2D eigenvalue weighted by Crippen LogP contribution is -2.17. The molecule has 1 aromatic carbocycles. The Kier molecular flexibility index (Phi) is 4.92. The summed E-state index contributed by atoms with van der Waals surface area (Å²) in [6.07, 6.45) is 0.858. The monoisotopic (exact) mass is 294 g/mol. The molecule has 2 aromatic rings. The topological polar surface area (TPSA) is 35.8 Å². The van der Waals surface area contributed by atoms with Crippen molar-refractivity contribution in [1.82, 2.24) is 5.32 Å². The molecule has 98 valence electrons. The van der Waals surface area contributed by atoms with Crippen LogP contribution in [0, 0.1) is 17.1 Å². The van der Waals surface area contributed by atoms with Crippen molar-refractivity contribution < 1.29 is 4.39 Å². The molecule has 1 N–H and O–H groups in total. The number of thiophene rings is 1. The van der Waals surface area contributed by atoms with E-state index in [9.17, 15) is 4.39 Å². The normalized spacial score (nSPS) is 10.4. The van der Waals surface area contributed by atoms with Crippen LogP contribution in [0.5, 0.6) is 0 Å². The van der Waals surface area contributed by atoms with Crippen LogP contribution in [0.4, 0.5) is 4.39 Å². The van der Waals surface area contributed by atoms with Gasteiger partial charge in [0.2, 0.25) is 0 Å². The maximum Gasteiger partial charge on any atom is 0.145 e. The molecule has 1 aromatic heterocycles. The van der Waals surface area contributed by atoms with Crippen molar-refractivity contribution in [3.8, 4) is 6.07 Å². The van der Waals surface area contributed by atoms with Gasteiger partial charge in [-0.25, -0.2) is 4.39 Å². The fraction of sp³-hybridized carbons (Fsp3) is 0.214. The van der Waals surface area contributed by atoms with Gasteiger partial charge in [0.15, 0.2) is 0 Å². The summed E-state index contributed by atoms with van der Waals surface area (Å²) in [6.45, 7) is 1.16. The SMILES string of the molecule is N#Cc1cccc(CNCCc2ccc(Cl)s2)c1F. The van der Waals surface area contributed by atoms with Crippen molar-refractivity contribution in [3.63, 3.8) is 0 Å². The molecule has 0 bridgehead atoms. The zero-order valence-corrected chi connectivity index (χ0v) is 11.7. The van der Waals surface area contributed by atoms with E-state index in [4.69, 9.17) is 16.9 Å². The van der Waals surface area contributed by atoms with Gasteiger partial charge in [-0.2, -0.15) is 5.26 Å². The van der Waals surface area contributed by atoms with E-state index in [2.05, 4.69) is 5.32 Å². The highest BCUT2D eigenvalue weighted by Crippen LogP contribution is 2.21. The lowest BCUT2D eigenvalue weighted by molar-refractivity contribution is 0.586. The van der Waals surface area contributed by atoms with Crippen LogP contribution in [0.15, 0.2) is 30.3 Å². The Hall–Kier alpha value is -1.41. The average molecular weight is 295 g/mol. The van der Waals surface area contributed by atoms with Crippen molar-refractivity contribution in [3.05, 3.63) is 56.5 Å². The van der Waals surface area contributed by atoms with E-state index in [1.165, 1.54) is 10.9 Å². The molecular formula is C14H12ClFN2S. The van der Waals surface area contributed by atoms with E-state index in [0.29, 0.717) is 12.1 Å². The molecule has 0 fully saturated rings. The standard InChI is InChI=1S/C14H12ClFN2S/c15-13-5-4-12(19-13)6-7-18-9-11-3-1-2-10(8-17)14(11)16/h1-5,18H,6-7,9H2. The van der Waals surface area contributed by atoms with Crippen LogP contribution in [0.1, 0.15) is 16.0 Å². The highest BCUT2D eigenvalue weighted by Gasteiger charge is 2.06. The van der Waals surface area contributed by atoms with E-state index >= 15 is 0 Å². The summed E-state index contributed by atoms with van der Waals surface area (Å²) in [7, 11) is 0. The average Bonchev–Trinajstić information content (AvgIpc) is 2.82. The first kappa shape index (κ1) is 14.0. The third-order valence-electron chi connectivity index (χ3n) is 2.69. The molecule has 0 atom stereocenters. The molecular weight excluding hydrogens is 283 g/mol. The largest absolute Gasteiger partial charge is 0.312 e. The first-order chi connectivity index (χ1) is 9.20. The molecule has 0 radical (unpaired) electrons. The van der Waals surface area contributed by atoms with Gasteiger partial charge in [-0.15, -0.1) is 11.3 Å². The van der Waals surface area contributed by atoms with Crippen LogP contribution >= 0.6 is 22.9 Å². The van der Waals surface area contributed by atoms with Crippen molar-refractivity contribution >= 4 is 22.9 Å². The molecule has 0 aliphatic carbocycles. The van der Waals surface area contributed by atoms with E-state index in [0.717, 1.165) is 17.3 Å². The summed E-state index contributed by atoms with van der Waals surface area (Å²) in [4.78, 5) is 1.20. The smallest absolute Gasteiger partial charge is 0.145 e. The fourth-order valence-corrected chi connectivity index (χ4v) is 2.81. The quantitative estimate of drug-likeness (QED) is 0.853. The number of nitrogens with zero attached hydrogens (tertiary/aromatic N) is 1. The summed E-state index contributed by atoms with van der Waals surface area (Å²) < 4.78 is 14.5. The molecule has 0 aliphatic heterocycles. The zero-order valence-electron chi connectivity index (χ0n) is 10.1. The number of rotatable bonds is 5. The minimum atomic E-state index is -0.434. The van der Waals surface area contributed by atoms with Gasteiger partial charge < -0.3 is 5.32 Å². The Labute approximate surface area is 120 Å². The van der Waals surface area contributed by atoms with Crippen molar-refractivity contribution in [1.29, 1.82) is 5.26 Å². The summed E-state index contributed by atoms with van der Waals surface area (Å²) in [5.41, 5.74) is 0.604. The second-order valence-corrected chi connectivity index (χ2v) is 5.82. The number of nitrogens with one attached hydrogen (secondary N) is 1. The lowest BCUT2D eigenvalue weighted by Gasteiger charge is -2.06. The fourth-order valence-electron chi connectivity index (χ4n) is 1.72. The van der Waals surface area contributed by atoms with Gasteiger partial charge in [-0.1, -0.05) is 23.7 Å². The summed E-state index contributed by atoms with van der Waals surface area (Å²) in [6, 6.07) is 10.6. The third-order valence-corrected chi connectivity index (χ3v) is 3.98. The van der Waals surface area contributed by atoms with Crippen LogP contribution in [-0.2, 0) is 13.0 Å². The highest BCUT2D eigenvalue weighted by atomic mass is 35.5. The number of nitriles is 1. The highest BCUT2D eigenvalue weighted by molar-refractivity contribution is 7.16. The minimum absolute atomic E-state index is 0.0874. The Morgan fingerprint density at radius 3 is 2.84 bits per heavy atom. The van der Waals surface area contributed by atoms with Crippen molar-refractivity contribution in [2.24, 2.45) is 0 Å². The lowest BCUT2D eigenvalue weighted by atomic mass is 10.1. The van der Waals surface area contributed by atoms with E-state index in [1.807, 2.05) is 18.2 Å². The Morgan fingerprint density at radius 2 is 2.16 bits per heavy atom. The number of benzene rings is 1. The Bertz CT molecular complexity index is 604. The molecule has 0 saturated carbocycles. The molecule has 0 spiro atoms. The van der Waals surface area contributed by atoms with Gasteiger partial charge in [0, 0.05) is 23.5 Å². The van der Waals surface area contributed by atoms with E-state index in [-0.39, 0.29) is 5.56 Å². The van der Waals surface area contributed by atoms with Gasteiger partial charge in [0.25, 0.3) is 0 Å². The molecule has 2 rings (SSSR count). The molecule has 0 aliphatic rings. The second kappa shape index (κ2) is 6.67. The van der Waals surface area contributed by atoms with Crippen LogP contribution in [-0.4, -0.2) is 6.54 Å². The van der Waals surface area contributed by atoms with Gasteiger partial charge in [0.05, 0.1) is 9.90 Å². The first-order valence-electron chi connectivity index (χ1n) is 5.83. The molecule has 1 heterocycles. The van der Waals surface area contributed by atoms with E-state index < -0.39 is 5.82 Å². The van der Waals surface area contributed by atoms with Crippen LogP contribution in [0.2, 0.25) is 4.34 Å². The van der Waals surface area contributed by atoms with Gasteiger partial charge >= 0.3 is 0 Å². The predicted molar refractivity (Wildman–Crippen MR) is 75.9 cm³/mol.